The van der Waals surface area contributed by atoms with Gasteiger partial charge in [-0.2, -0.15) is 4.40 Å². The van der Waals surface area contributed by atoms with E-state index in [1.807, 2.05) is 41.8 Å². The Morgan fingerprint density at radius 2 is 1.23 bits per heavy atom. The maximum atomic E-state index is 14.3. The van der Waals surface area contributed by atoms with Crippen LogP contribution < -0.4 is 19.6 Å². The van der Waals surface area contributed by atoms with Crippen molar-refractivity contribution in [2.75, 3.05) is 14.2 Å². The number of rotatable bonds is 6. The molecule has 0 saturated heterocycles. The summed E-state index contributed by atoms with van der Waals surface area (Å²) in [7, 11) is 5.23. The number of fused-ring (bicyclic) bond motifs is 4. The molecule has 5 nitrogen and oxygen atoms in total. The van der Waals surface area contributed by atoms with Crippen molar-refractivity contribution in [3.63, 3.8) is 0 Å². The number of pyridine rings is 1. The van der Waals surface area contributed by atoms with Crippen molar-refractivity contribution in [3.05, 3.63) is 107 Å². The van der Waals surface area contributed by atoms with Crippen LogP contribution in [0.25, 0.3) is 38.2 Å². The van der Waals surface area contributed by atoms with Crippen molar-refractivity contribution >= 4 is 61.7 Å². The Labute approximate surface area is 239 Å². The average Bonchev–Trinajstić information content (AvgIpc) is 3.28. The highest BCUT2D eigenvalue weighted by molar-refractivity contribution is 8.00. The lowest BCUT2D eigenvalue weighted by Gasteiger charge is -2.14. The van der Waals surface area contributed by atoms with E-state index >= 15 is 0 Å². The molecule has 2 heterocycles. The molecule has 7 rings (SSSR count). The summed E-state index contributed by atoms with van der Waals surface area (Å²) < 4.78 is 15.1. The van der Waals surface area contributed by atoms with E-state index in [1.165, 1.54) is 0 Å². The zero-order valence-electron chi connectivity index (χ0n) is 22.2. The summed E-state index contributed by atoms with van der Waals surface area (Å²) in [6.07, 6.45) is 0. The van der Waals surface area contributed by atoms with Gasteiger partial charge in [0.1, 0.15) is 0 Å². The number of hydrogen-bond acceptors (Lipinski definition) is 5. The fourth-order valence-corrected chi connectivity index (χ4v) is 7.57. The third-order valence-corrected chi connectivity index (χ3v) is 9.45. The van der Waals surface area contributed by atoms with Crippen LogP contribution in [-0.2, 0) is 7.05 Å². The number of methoxy groups -OCH3 is 2. The summed E-state index contributed by atoms with van der Waals surface area (Å²) in [5, 5.41) is 3.79. The minimum atomic E-state index is -0.0524. The van der Waals surface area contributed by atoms with Gasteiger partial charge in [0, 0.05) is 42.5 Å². The Bertz CT molecular complexity index is 2060. The highest BCUT2D eigenvalue weighted by Gasteiger charge is 2.28. The van der Waals surface area contributed by atoms with E-state index in [0.29, 0.717) is 16.9 Å². The highest BCUT2D eigenvalue weighted by atomic mass is 32.2. The molecule has 0 bridgehead atoms. The summed E-state index contributed by atoms with van der Waals surface area (Å²) in [6.45, 7) is 0. The van der Waals surface area contributed by atoms with Crippen molar-refractivity contribution < 1.29 is 14.0 Å². The lowest BCUT2D eigenvalue weighted by Crippen LogP contribution is -2.29. The van der Waals surface area contributed by atoms with E-state index in [4.69, 9.17) is 9.47 Å². The van der Waals surface area contributed by atoms with Gasteiger partial charge in [0.05, 0.1) is 32.0 Å². The Hall–Kier alpha value is -4.20. The smallest absolute Gasteiger partial charge is 0.347 e. The quantitative estimate of drug-likeness (QED) is 0.199. The summed E-state index contributed by atoms with van der Waals surface area (Å²) in [4.78, 5) is 18.8. The molecule has 0 unspecified atom stereocenters. The van der Waals surface area contributed by atoms with Gasteiger partial charge in [-0.05, 0) is 48.5 Å². The molecule has 2 aromatic heterocycles. The molecule has 40 heavy (non-hydrogen) atoms. The van der Waals surface area contributed by atoms with Crippen LogP contribution in [0.1, 0.15) is 0 Å². The fourth-order valence-electron chi connectivity index (χ4n) is 5.51. The van der Waals surface area contributed by atoms with Gasteiger partial charge in [-0.15, -0.1) is 0 Å². The van der Waals surface area contributed by atoms with Crippen LogP contribution in [-0.4, -0.2) is 18.6 Å². The second-order valence-corrected chi connectivity index (χ2v) is 11.8. The van der Waals surface area contributed by atoms with Crippen LogP contribution in [0.3, 0.4) is 0 Å². The van der Waals surface area contributed by atoms with Gasteiger partial charge in [-0.3, -0.25) is 0 Å². The van der Waals surface area contributed by atoms with Gasteiger partial charge in [-0.25, -0.2) is 9.36 Å². The normalized spacial score (nSPS) is 11.7. The Balaban J connectivity index is 1.61. The largest absolute Gasteiger partial charge is 0.493 e. The monoisotopic (exact) mass is 561 g/mol. The molecule has 196 valence electrons. The number of hydrogen-bond donors (Lipinski definition) is 0. The Morgan fingerprint density at radius 3 is 1.80 bits per heavy atom. The molecule has 0 atom stereocenters. The number of aryl methyl sites for hydroxylation is 1. The van der Waals surface area contributed by atoms with Gasteiger partial charge >= 0.3 is 5.56 Å². The highest BCUT2D eigenvalue weighted by Crippen LogP contribution is 2.44. The van der Waals surface area contributed by atoms with Crippen LogP contribution in [0.4, 0.5) is 0 Å². The van der Waals surface area contributed by atoms with Gasteiger partial charge < -0.3 is 9.47 Å². The van der Waals surface area contributed by atoms with E-state index in [-0.39, 0.29) is 5.56 Å². The van der Waals surface area contributed by atoms with Crippen molar-refractivity contribution in [2.45, 2.75) is 19.6 Å². The van der Waals surface area contributed by atoms with Gasteiger partial charge in [0.2, 0.25) is 0 Å². The standard InChI is InChI=1S/C33H25N2O3S2/c1-34-24-18-26(37-2)27(38-3)19-25(24)35-32(34)22-14-16-28(39-20-10-6-4-7-11-20)31-29(40-21-12-8-5-9-13-21)17-15-23(30(22)31)33(35)36/h4-19H,1-3H3/q+1. The van der Waals surface area contributed by atoms with Crippen molar-refractivity contribution in [2.24, 2.45) is 7.05 Å². The number of nitrogens with zero attached hydrogens (tertiary/aromatic N) is 2. The second-order valence-electron chi connectivity index (χ2n) is 9.52. The predicted molar refractivity (Wildman–Crippen MR) is 163 cm³/mol. The first-order chi connectivity index (χ1) is 19.6. The number of benzene rings is 5. The van der Waals surface area contributed by atoms with E-state index < -0.39 is 0 Å². The Kier molecular flexibility index (Phi) is 6.06. The first-order valence-electron chi connectivity index (χ1n) is 12.9. The molecule has 0 saturated carbocycles. The minimum Gasteiger partial charge on any atom is -0.493 e. The SMILES string of the molecule is COc1cc2c(cc1OC)[n+](C)c1c3ccc(Sc4ccccc4)c4c(Sc5ccccc5)ccc(c(=O)n21)c43. The predicted octanol–water partition coefficient (Wildman–Crippen LogP) is 7.34. The second kappa shape index (κ2) is 9.77. The van der Waals surface area contributed by atoms with Crippen LogP contribution in [0.2, 0.25) is 0 Å². The summed E-state index contributed by atoms with van der Waals surface area (Å²) >= 11 is 3.45. The van der Waals surface area contributed by atoms with Crippen molar-refractivity contribution in [1.82, 2.24) is 4.40 Å². The van der Waals surface area contributed by atoms with E-state index in [0.717, 1.165) is 52.4 Å². The molecule has 0 fully saturated rings. The Morgan fingerprint density at radius 1 is 0.675 bits per heavy atom. The molecule has 7 aromatic rings. The molecule has 0 spiro atoms. The van der Waals surface area contributed by atoms with Crippen LogP contribution in [0, 0.1) is 0 Å². The van der Waals surface area contributed by atoms with E-state index in [9.17, 15) is 4.79 Å². The molecule has 0 aliphatic heterocycles. The van der Waals surface area contributed by atoms with E-state index in [2.05, 4.69) is 71.3 Å². The molecule has 0 amide bonds. The first-order valence-corrected chi connectivity index (χ1v) is 14.5. The van der Waals surface area contributed by atoms with Gasteiger partial charge in [0.25, 0.3) is 5.65 Å². The maximum absolute atomic E-state index is 14.3. The third-order valence-electron chi connectivity index (χ3n) is 7.31. The lowest BCUT2D eigenvalue weighted by molar-refractivity contribution is -0.617. The lowest BCUT2D eigenvalue weighted by atomic mass is 10.0. The van der Waals surface area contributed by atoms with Crippen LogP contribution >= 0.6 is 23.5 Å². The minimum absolute atomic E-state index is 0.0524. The summed E-state index contributed by atoms with van der Waals surface area (Å²) in [5.41, 5.74) is 2.46. The van der Waals surface area contributed by atoms with Crippen molar-refractivity contribution in [1.29, 1.82) is 0 Å². The zero-order valence-corrected chi connectivity index (χ0v) is 23.8. The molecule has 0 N–H and O–H groups in total. The molecule has 7 heteroatoms. The third kappa shape index (κ3) is 3.80. The average molecular weight is 562 g/mol. The number of imidazole rings is 1. The molecule has 5 aromatic carbocycles. The first kappa shape index (κ1) is 24.8. The van der Waals surface area contributed by atoms with Gasteiger partial charge in [-0.1, -0.05) is 59.9 Å². The molecule has 0 aliphatic rings. The van der Waals surface area contributed by atoms with Gasteiger partial charge in [0.15, 0.2) is 22.5 Å². The topological polar surface area (TPSA) is 43.8 Å². The number of ether oxygens (including phenoxy) is 2. The molecule has 0 aliphatic carbocycles. The summed E-state index contributed by atoms with van der Waals surface area (Å²) in [5.74, 6) is 1.21. The summed E-state index contributed by atoms with van der Waals surface area (Å²) in [6, 6.07) is 33.0. The fraction of sp³-hybridized carbons (Fsp3) is 0.0909. The maximum Gasteiger partial charge on any atom is 0.347 e. The molecule has 0 radical (unpaired) electrons. The zero-order chi connectivity index (χ0) is 27.4. The van der Waals surface area contributed by atoms with Crippen LogP contribution in [0.5, 0.6) is 11.5 Å². The van der Waals surface area contributed by atoms with Crippen LogP contribution in [0.15, 0.2) is 121 Å². The van der Waals surface area contributed by atoms with E-state index in [1.54, 1.807) is 37.7 Å². The molecular formula is C33H25N2O3S2+. The molecular weight excluding hydrogens is 537 g/mol. The number of aromatic nitrogens is 2. The van der Waals surface area contributed by atoms with Crippen molar-refractivity contribution in [3.8, 4) is 11.5 Å².